The van der Waals surface area contributed by atoms with Crippen LogP contribution in [0.15, 0.2) is 35.1 Å². The molecule has 7 nitrogen and oxygen atoms in total. The molecule has 0 radical (unpaired) electrons. The van der Waals surface area contributed by atoms with E-state index in [-0.39, 0.29) is 21.7 Å². The molecule has 1 saturated heterocycles. The van der Waals surface area contributed by atoms with Crippen LogP contribution in [0.5, 0.6) is 0 Å². The molecule has 1 amide bonds. The molecular formula is C16H22N4O3S2. The van der Waals surface area contributed by atoms with Gasteiger partial charge in [0.15, 0.2) is 0 Å². The second-order valence-corrected chi connectivity index (χ2v) is 9.04. The van der Waals surface area contributed by atoms with E-state index in [0.29, 0.717) is 19.6 Å². The van der Waals surface area contributed by atoms with Crippen LogP contribution in [0.1, 0.15) is 35.9 Å². The summed E-state index contributed by atoms with van der Waals surface area (Å²) in [5.74, 6) is -0.349. The second kappa shape index (κ2) is 7.67. The molecule has 2 aromatic heterocycles. The summed E-state index contributed by atoms with van der Waals surface area (Å²) in [5, 5.41) is 4.53. The zero-order chi connectivity index (χ0) is 17.9. The number of aromatic nitrogens is 2. The fourth-order valence-corrected chi connectivity index (χ4v) is 5.78. The number of hydrogen-bond donors (Lipinski definition) is 1. The van der Waals surface area contributed by atoms with Crippen LogP contribution < -0.4 is 5.32 Å². The number of thiophene rings is 1. The van der Waals surface area contributed by atoms with Gasteiger partial charge in [0.2, 0.25) is 10.0 Å². The number of sulfonamides is 1. The Bertz CT molecular complexity index is 808. The average molecular weight is 383 g/mol. The van der Waals surface area contributed by atoms with Gasteiger partial charge in [0.25, 0.3) is 5.91 Å². The summed E-state index contributed by atoms with van der Waals surface area (Å²) in [7, 11) is -3.61. The highest BCUT2D eigenvalue weighted by molar-refractivity contribution is 7.89. The number of carbonyl (C=O) groups is 1. The van der Waals surface area contributed by atoms with Crippen molar-refractivity contribution in [3.05, 3.63) is 35.0 Å². The molecular weight excluding hydrogens is 360 g/mol. The molecule has 9 heteroatoms. The van der Waals surface area contributed by atoms with E-state index in [1.807, 2.05) is 17.7 Å². The van der Waals surface area contributed by atoms with Crippen molar-refractivity contribution in [2.75, 3.05) is 13.1 Å². The average Bonchev–Trinajstić information content (AvgIpc) is 3.27. The summed E-state index contributed by atoms with van der Waals surface area (Å²) in [6.45, 7) is 3.50. The van der Waals surface area contributed by atoms with Crippen molar-refractivity contribution >= 4 is 27.3 Å². The highest BCUT2D eigenvalue weighted by Gasteiger charge is 2.31. The Hall–Kier alpha value is -1.71. The van der Waals surface area contributed by atoms with Gasteiger partial charge in [0, 0.05) is 38.1 Å². The molecule has 0 spiro atoms. The summed E-state index contributed by atoms with van der Waals surface area (Å²) < 4.78 is 29.1. The van der Waals surface area contributed by atoms with E-state index < -0.39 is 10.0 Å². The van der Waals surface area contributed by atoms with Crippen molar-refractivity contribution in [1.29, 1.82) is 0 Å². The van der Waals surface area contributed by atoms with Crippen molar-refractivity contribution < 1.29 is 13.2 Å². The fourth-order valence-electron chi connectivity index (χ4n) is 2.96. The van der Waals surface area contributed by atoms with E-state index >= 15 is 0 Å². The first kappa shape index (κ1) is 18.1. The van der Waals surface area contributed by atoms with Crippen molar-refractivity contribution in [3.8, 4) is 0 Å². The van der Waals surface area contributed by atoms with Gasteiger partial charge in [0.1, 0.15) is 9.77 Å². The predicted molar refractivity (Wildman–Crippen MR) is 96.1 cm³/mol. The summed E-state index contributed by atoms with van der Waals surface area (Å²) in [6, 6.07) is 1.39. The second-order valence-electron chi connectivity index (χ2n) is 6.21. The Kier molecular flexibility index (Phi) is 5.55. The molecule has 3 heterocycles. The van der Waals surface area contributed by atoms with Crippen LogP contribution in [0, 0.1) is 0 Å². The number of amides is 1. The highest BCUT2D eigenvalue weighted by Crippen LogP contribution is 2.27. The van der Waals surface area contributed by atoms with E-state index in [9.17, 15) is 13.2 Å². The summed E-state index contributed by atoms with van der Waals surface area (Å²) >= 11 is 1.16. The van der Waals surface area contributed by atoms with Crippen LogP contribution in [0.25, 0.3) is 0 Å². The molecule has 25 heavy (non-hydrogen) atoms. The molecule has 3 rings (SSSR count). The van der Waals surface area contributed by atoms with Crippen molar-refractivity contribution in [1.82, 2.24) is 19.2 Å². The van der Waals surface area contributed by atoms with Crippen LogP contribution in [0.4, 0.5) is 0 Å². The molecule has 1 atom stereocenters. The quantitative estimate of drug-likeness (QED) is 0.827. The lowest BCUT2D eigenvalue weighted by atomic mass is 10.2. The summed E-state index contributed by atoms with van der Waals surface area (Å²) in [4.78, 5) is 16.9. The Morgan fingerprint density at radius 2 is 2.12 bits per heavy atom. The molecule has 1 aliphatic rings. The van der Waals surface area contributed by atoms with E-state index in [2.05, 4.69) is 10.3 Å². The summed E-state index contributed by atoms with van der Waals surface area (Å²) in [6.07, 6.45) is 7.96. The number of nitrogens with one attached hydrogen (secondary N) is 1. The topological polar surface area (TPSA) is 84.3 Å². The van der Waals surface area contributed by atoms with Gasteiger partial charge in [-0.3, -0.25) is 4.79 Å². The molecule has 0 bridgehead atoms. The lowest BCUT2D eigenvalue weighted by Crippen LogP contribution is -2.38. The predicted octanol–water partition coefficient (Wildman–Crippen LogP) is 1.94. The number of piperidine rings is 1. The Morgan fingerprint density at radius 3 is 2.80 bits per heavy atom. The van der Waals surface area contributed by atoms with Crippen LogP contribution >= 0.6 is 11.3 Å². The maximum absolute atomic E-state index is 12.9. The minimum Gasteiger partial charge on any atom is -0.347 e. The van der Waals surface area contributed by atoms with Gasteiger partial charge >= 0.3 is 0 Å². The Labute approximate surface area is 151 Å². The Balaban J connectivity index is 1.73. The lowest BCUT2D eigenvalue weighted by molar-refractivity contribution is 0.0937. The first-order valence-electron chi connectivity index (χ1n) is 8.33. The number of hydrogen-bond acceptors (Lipinski definition) is 5. The van der Waals surface area contributed by atoms with Gasteiger partial charge in [-0.2, -0.15) is 4.31 Å². The fraction of sp³-hybridized carbons (Fsp3) is 0.500. The zero-order valence-corrected chi connectivity index (χ0v) is 15.7. The molecule has 1 fully saturated rings. The van der Waals surface area contributed by atoms with E-state index in [4.69, 9.17) is 0 Å². The minimum atomic E-state index is -3.61. The van der Waals surface area contributed by atoms with Crippen molar-refractivity contribution in [3.63, 3.8) is 0 Å². The smallest absolute Gasteiger partial charge is 0.263 e. The van der Waals surface area contributed by atoms with Crippen LogP contribution in [-0.2, 0) is 16.6 Å². The van der Waals surface area contributed by atoms with E-state index in [0.717, 1.165) is 30.6 Å². The largest absolute Gasteiger partial charge is 0.347 e. The van der Waals surface area contributed by atoms with Gasteiger partial charge in [-0.05, 0) is 31.2 Å². The van der Waals surface area contributed by atoms with E-state index in [1.165, 1.54) is 10.4 Å². The molecule has 136 valence electrons. The van der Waals surface area contributed by atoms with Crippen molar-refractivity contribution in [2.45, 2.75) is 43.7 Å². The Morgan fingerprint density at radius 1 is 1.36 bits per heavy atom. The SMILES string of the molecule is C[C@H](Cn1ccnc1)NC(=O)c1sccc1S(=O)(=O)N1CCCCC1. The molecule has 1 aliphatic heterocycles. The number of rotatable bonds is 6. The standard InChI is InChI=1S/C16H22N4O3S2/c1-13(11-19-9-6-17-12-19)18-16(21)15-14(5-10-24-15)25(22,23)20-7-3-2-4-8-20/h5-6,9-10,12-13H,2-4,7-8,11H2,1H3,(H,18,21)/t13-/m1/s1. The molecule has 0 saturated carbocycles. The summed E-state index contributed by atoms with van der Waals surface area (Å²) in [5.41, 5.74) is 0. The molecule has 0 aromatic carbocycles. The third-order valence-corrected chi connectivity index (χ3v) is 7.17. The third kappa shape index (κ3) is 4.10. The number of carbonyl (C=O) groups excluding carboxylic acids is 1. The monoisotopic (exact) mass is 382 g/mol. The minimum absolute atomic E-state index is 0.117. The maximum Gasteiger partial charge on any atom is 0.263 e. The van der Waals surface area contributed by atoms with Crippen LogP contribution in [0.2, 0.25) is 0 Å². The number of imidazole rings is 1. The first-order valence-corrected chi connectivity index (χ1v) is 10.6. The normalized spacial score (nSPS) is 17.3. The van der Waals surface area contributed by atoms with Gasteiger partial charge in [-0.1, -0.05) is 6.42 Å². The molecule has 0 aliphatic carbocycles. The third-order valence-electron chi connectivity index (χ3n) is 4.19. The molecule has 2 aromatic rings. The molecule has 0 unspecified atom stereocenters. The van der Waals surface area contributed by atoms with Crippen LogP contribution in [-0.4, -0.2) is 47.3 Å². The highest BCUT2D eigenvalue weighted by atomic mass is 32.2. The van der Waals surface area contributed by atoms with Gasteiger partial charge in [-0.15, -0.1) is 11.3 Å². The van der Waals surface area contributed by atoms with Crippen LogP contribution in [0.3, 0.4) is 0 Å². The maximum atomic E-state index is 12.9. The van der Waals surface area contributed by atoms with Crippen molar-refractivity contribution in [2.24, 2.45) is 0 Å². The van der Waals surface area contributed by atoms with E-state index in [1.54, 1.807) is 17.9 Å². The van der Waals surface area contributed by atoms with Gasteiger partial charge in [-0.25, -0.2) is 13.4 Å². The lowest BCUT2D eigenvalue weighted by Gasteiger charge is -2.26. The van der Waals surface area contributed by atoms with Gasteiger partial charge < -0.3 is 9.88 Å². The zero-order valence-electron chi connectivity index (χ0n) is 14.1. The van der Waals surface area contributed by atoms with Gasteiger partial charge in [0.05, 0.1) is 6.33 Å². The number of nitrogens with zero attached hydrogens (tertiary/aromatic N) is 3. The molecule has 1 N–H and O–H groups in total. The first-order chi connectivity index (χ1) is 12.0.